The van der Waals surface area contributed by atoms with Crippen molar-refractivity contribution in [1.82, 2.24) is 14.9 Å². The molecular weight excluding hydrogens is 398 g/mol. The topological polar surface area (TPSA) is 60.1 Å². The number of para-hydroxylation sites is 2. The van der Waals surface area contributed by atoms with Gasteiger partial charge in [-0.2, -0.15) is 0 Å². The Bertz CT molecular complexity index is 1320. The maximum absolute atomic E-state index is 12.4. The minimum absolute atomic E-state index is 0.120. The fourth-order valence-electron chi connectivity index (χ4n) is 3.84. The Kier molecular flexibility index (Phi) is 5.54. The third-order valence-electron chi connectivity index (χ3n) is 5.50. The van der Waals surface area contributed by atoms with Crippen molar-refractivity contribution >= 4 is 16.9 Å². The number of hydrogen-bond acceptors (Lipinski definition) is 3. The van der Waals surface area contributed by atoms with E-state index in [0.717, 1.165) is 34.6 Å². The molecule has 0 saturated heterocycles. The molecule has 3 aromatic carbocycles. The highest BCUT2D eigenvalue weighted by atomic mass is 16.3. The third kappa shape index (κ3) is 4.32. The van der Waals surface area contributed by atoms with Gasteiger partial charge >= 0.3 is 0 Å². The van der Waals surface area contributed by atoms with E-state index < -0.39 is 0 Å². The van der Waals surface area contributed by atoms with Crippen LogP contribution < -0.4 is 5.32 Å². The predicted molar refractivity (Wildman–Crippen MR) is 124 cm³/mol. The van der Waals surface area contributed by atoms with Crippen LogP contribution in [-0.4, -0.2) is 15.5 Å². The fourth-order valence-corrected chi connectivity index (χ4v) is 3.84. The van der Waals surface area contributed by atoms with Gasteiger partial charge in [0.15, 0.2) is 0 Å². The first kappa shape index (κ1) is 19.8. The molecule has 0 spiro atoms. The van der Waals surface area contributed by atoms with Crippen molar-refractivity contribution in [2.24, 2.45) is 0 Å². The van der Waals surface area contributed by atoms with Gasteiger partial charge in [-0.1, -0.05) is 54.6 Å². The van der Waals surface area contributed by atoms with Crippen molar-refractivity contribution in [3.8, 4) is 0 Å². The standard InChI is InChI=1S/C27H23N3O2/c31-27(28-18-23-9-6-16-32-23)22-14-12-21(13-15-22)19-30-25-11-5-4-10-24(25)29-26(30)17-20-7-2-1-3-8-20/h1-16H,17-19H2,(H,28,31). The molecule has 0 atom stereocenters. The lowest BCUT2D eigenvalue weighted by Gasteiger charge is -2.11. The number of fused-ring (bicyclic) bond motifs is 1. The molecule has 0 unspecified atom stereocenters. The summed E-state index contributed by atoms with van der Waals surface area (Å²) in [5.41, 5.74) is 5.07. The minimum Gasteiger partial charge on any atom is -0.467 e. The SMILES string of the molecule is O=C(NCc1ccco1)c1ccc(Cn2c(Cc3ccccc3)nc3ccccc32)cc1. The lowest BCUT2D eigenvalue weighted by Crippen LogP contribution is -2.22. The first-order valence-corrected chi connectivity index (χ1v) is 10.6. The van der Waals surface area contributed by atoms with Gasteiger partial charge in [0.1, 0.15) is 11.6 Å². The van der Waals surface area contributed by atoms with Crippen molar-refractivity contribution < 1.29 is 9.21 Å². The molecule has 2 heterocycles. The summed E-state index contributed by atoms with van der Waals surface area (Å²) >= 11 is 0. The van der Waals surface area contributed by atoms with Gasteiger partial charge in [-0.25, -0.2) is 4.98 Å². The number of nitrogens with zero attached hydrogens (tertiary/aromatic N) is 2. The van der Waals surface area contributed by atoms with Crippen LogP contribution in [0.5, 0.6) is 0 Å². The van der Waals surface area contributed by atoms with Gasteiger partial charge in [0, 0.05) is 18.5 Å². The van der Waals surface area contributed by atoms with E-state index >= 15 is 0 Å². The van der Waals surface area contributed by atoms with E-state index in [9.17, 15) is 4.79 Å². The van der Waals surface area contributed by atoms with E-state index in [2.05, 4.69) is 40.2 Å². The first-order valence-electron chi connectivity index (χ1n) is 10.6. The van der Waals surface area contributed by atoms with Crippen LogP contribution in [0.15, 0.2) is 102 Å². The number of nitrogens with one attached hydrogen (secondary N) is 1. The summed E-state index contributed by atoms with van der Waals surface area (Å²) in [7, 11) is 0. The van der Waals surface area contributed by atoms with Gasteiger partial charge in [-0.15, -0.1) is 0 Å². The highest BCUT2D eigenvalue weighted by Crippen LogP contribution is 2.20. The van der Waals surface area contributed by atoms with E-state index in [1.54, 1.807) is 6.26 Å². The molecule has 32 heavy (non-hydrogen) atoms. The molecule has 5 aromatic rings. The van der Waals surface area contributed by atoms with Gasteiger partial charge < -0.3 is 14.3 Å². The molecule has 0 bridgehead atoms. The van der Waals surface area contributed by atoms with Crippen molar-refractivity contribution in [1.29, 1.82) is 0 Å². The molecule has 5 nitrogen and oxygen atoms in total. The molecular formula is C27H23N3O2. The number of aromatic nitrogens is 2. The van der Waals surface area contributed by atoms with Gasteiger partial charge in [-0.05, 0) is 47.5 Å². The molecule has 0 saturated carbocycles. The number of furan rings is 1. The summed E-state index contributed by atoms with van der Waals surface area (Å²) in [5, 5.41) is 2.88. The number of amides is 1. The molecule has 2 aromatic heterocycles. The minimum atomic E-state index is -0.120. The third-order valence-corrected chi connectivity index (χ3v) is 5.50. The largest absolute Gasteiger partial charge is 0.467 e. The molecule has 1 amide bonds. The van der Waals surface area contributed by atoms with Crippen LogP contribution in [0.25, 0.3) is 11.0 Å². The van der Waals surface area contributed by atoms with E-state index in [-0.39, 0.29) is 5.91 Å². The van der Waals surface area contributed by atoms with Crippen LogP contribution >= 0.6 is 0 Å². The van der Waals surface area contributed by atoms with Gasteiger partial charge in [0.25, 0.3) is 5.91 Å². The summed E-state index contributed by atoms with van der Waals surface area (Å²) in [5.74, 6) is 1.64. The zero-order chi connectivity index (χ0) is 21.8. The number of carbonyl (C=O) groups is 1. The summed E-state index contributed by atoms with van der Waals surface area (Å²) < 4.78 is 7.52. The van der Waals surface area contributed by atoms with Crippen molar-refractivity contribution in [2.45, 2.75) is 19.5 Å². The fraction of sp³-hybridized carbons (Fsp3) is 0.111. The van der Waals surface area contributed by atoms with Gasteiger partial charge in [-0.3, -0.25) is 4.79 Å². The highest BCUT2D eigenvalue weighted by Gasteiger charge is 2.12. The summed E-state index contributed by atoms with van der Waals surface area (Å²) in [6, 6.07) is 30.0. The van der Waals surface area contributed by atoms with Crippen molar-refractivity contribution in [2.75, 3.05) is 0 Å². The number of hydrogen-bond donors (Lipinski definition) is 1. The van der Waals surface area contributed by atoms with E-state index in [0.29, 0.717) is 18.7 Å². The van der Waals surface area contributed by atoms with Crippen LogP contribution in [0.4, 0.5) is 0 Å². The van der Waals surface area contributed by atoms with E-state index in [4.69, 9.17) is 9.40 Å². The maximum atomic E-state index is 12.4. The van der Waals surface area contributed by atoms with Crippen LogP contribution in [-0.2, 0) is 19.5 Å². The zero-order valence-electron chi connectivity index (χ0n) is 17.6. The summed E-state index contributed by atoms with van der Waals surface area (Å²) in [4.78, 5) is 17.3. The molecule has 5 rings (SSSR count). The number of carbonyl (C=O) groups excluding carboxylic acids is 1. The predicted octanol–water partition coefficient (Wildman–Crippen LogP) is 5.20. The van der Waals surface area contributed by atoms with Crippen molar-refractivity contribution in [3.05, 3.63) is 126 Å². The number of rotatable bonds is 7. The zero-order valence-corrected chi connectivity index (χ0v) is 17.6. The molecule has 5 heteroatoms. The molecule has 1 N–H and O–H groups in total. The average Bonchev–Trinajstić information content (AvgIpc) is 3.47. The number of benzene rings is 3. The van der Waals surface area contributed by atoms with E-state index in [1.807, 2.05) is 60.7 Å². The first-order chi connectivity index (χ1) is 15.8. The monoisotopic (exact) mass is 421 g/mol. The Balaban J connectivity index is 1.35. The Morgan fingerprint density at radius 3 is 2.41 bits per heavy atom. The second-order valence-electron chi connectivity index (χ2n) is 7.72. The van der Waals surface area contributed by atoms with Gasteiger partial charge in [0.05, 0.1) is 23.8 Å². The van der Waals surface area contributed by atoms with Crippen LogP contribution in [0.1, 0.15) is 33.1 Å². The maximum Gasteiger partial charge on any atom is 0.251 e. The Morgan fingerprint density at radius 2 is 1.62 bits per heavy atom. The second-order valence-corrected chi connectivity index (χ2v) is 7.72. The lowest BCUT2D eigenvalue weighted by atomic mass is 10.1. The molecule has 158 valence electrons. The molecule has 0 aliphatic heterocycles. The normalized spacial score (nSPS) is 11.0. The Morgan fingerprint density at radius 1 is 0.844 bits per heavy atom. The smallest absolute Gasteiger partial charge is 0.251 e. The van der Waals surface area contributed by atoms with Gasteiger partial charge in [0.2, 0.25) is 0 Å². The second kappa shape index (κ2) is 8.94. The van der Waals surface area contributed by atoms with Crippen LogP contribution in [0, 0.1) is 0 Å². The average molecular weight is 422 g/mol. The molecule has 0 fully saturated rings. The van der Waals surface area contributed by atoms with Crippen LogP contribution in [0.3, 0.4) is 0 Å². The van der Waals surface area contributed by atoms with Crippen molar-refractivity contribution in [3.63, 3.8) is 0 Å². The summed E-state index contributed by atoms with van der Waals surface area (Å²) in [6.45, 7) is 1.06. The molecule has 0 aliphatic rings. The highest BCUT2D eigenvalue weighted by molar-refractivity contribution is 5.94. The Labute approximate surface area is 186 Å². The quantitative estimate of drug-likeness (QED) is 0.393. The van der Waals surface area contributed by atoms with E-state index in [1.165, 1.54) is 5.56 Å². The van der Waals surface area contributed by atoms with Crippen LogP contribution in [0.2, 0.25) is 0 Å². The molecule has 0 radical (unpaired) electrons. The summed E-state index contributed by atoms with van der Waals surface area (Å²) in [6.07, 6.45) is 2.37. The lowest BCUT2D eigenvalue weighted by molar-refractivity contribution is 0.0948. The molecule has 0 aliphatic carbocycles. The number of imidazole rings is 1. The Hall–Kier alpha value is -4.12.